The molecule has 1 heterocycles. The third-order valence-electron chi connectivity index (χ3n) is 4.61. The molecule has 1 aliphatic rings. The van der Waals surface area contributed by atoms with Crippen LogP contribution in [0.15, 0.2) is 60.9 Å². The Morgan fingerprint density at radius 1 is 0.917 bits per heavy atom. The number of hydrogen-bond acceptors (Lipinski definition) is 2. The molecule has 0 bridgehead atoms. The van der Waals surface area contributed by atoms with Crippen LogP contribution in [0.25, 0.3) is 11.1 Å². The van der Waals surface area contributed by atoms with Crippen LogP contribution >= 0.6 is 0 Å². The smallest absolute Gasteiger partial charge is 0.146 e. The lowest BCUT2D eigenvalue weighted by atomic mass is 9.88. The normalized spacial score (nSPS) is 12.6. The summed E-state index contributed by atoms with van der Waals surface area (Å²) in [6, 6.07) is 17.0. The first kappa shape index (κ1) is 14.9. The molecule has 0 atom stereocenters. The summed E-state index contributed by atoms with van der Waals surface area (Å²) in [6.07, 6.45) is 4.63. The van der Waals surface area contributed by atoms with Crippen molar-refractivity contribution >= 4 is 0 Å². The van der Waals surface area contributed by atoms with E-state index in [1.807, 2.05) is 6.20 Å². The van der Waals surface area contributed by atoms with Crippen LogP contribution in [0.5, 0.6) is 11.5 Å². The minimum absolute atomic E-state index is 0.0568. The Bertz CT molecular complexity index is 906. The Kier molecular flexibility index (Phi) is 3.42. The zero-order valence-electron chi connectivity index (χ0n) is 14.3. The van der Waals surface area contributed by atoms with Crippen LogP contribution in [0.1, 0.15) is 37.5 Å². The Morgan fingerprint density at radius 2 is 1.71 bits per heavy atom. The van der Waals surface area contributed by atoms with Gasteiger partial charge in [-0.25, -0.2) is 0 Å². The number of fused-ring (bicyclic) bond motifs is 3. The summed E-state index contributed by atoms with van der Waals surface area (Å²) < 4.78 is 6.23. The molecule has 0 saturated heterocycles. The fourth-order valence-corrected chi connectivity index (χ4v) is 3.24. The molecular formula is C22H21NO. The average Bonchev–Trinajstić information content (AvgIpc) is 2.94. The van der Waals surface area contributed by atoms with Crippen molar-refractivity contribution in [3.05, 3.63) is 77.6 Å². The quantitative estimate of drug-likeness (QED) is 0.470. The fourth-order valence-electron chi connectivity index (χ4n) is 3.24. The number of pyridine rings is 1. The molecule has 2 aromatic carbocycles. The zero-order valence-corrected chi connectivity index (χ0v) is 14.3. The van der Waals surface area contributed by atoms with Gasteiger partial charge in [0.05, 0.1) is 6.20 Å². The minimum atomic E-state index is 0.0568. The lowest BCUT2D eigenvalue weighted by Gasteiger charge is -2.19. The van der Waals surface area contributed by atoms with Crippen LogP contribution in [-0.4, -0.2) is 4.98 Å². The van der Waals surface area contributed by atoms with Gasteiger partial charge in [0.25, 0.3) is 0 Å². The maximum atomic E-state index is 6.23. The van der Waals surface area contributed by atoms with Crippen LogP contribution in [0.3, 0.4) is 0 Å². The van der Waals surface area contributed by atoms with Crippen molar-refractivity contribution in [2.45, 2.75) is 32.6 Å². The van der Waals surface area contributed by atoms with E-state index in [-0.39, 0.29) is 5.41 Å². The predicted octanol–water partition coefficient (Wildman–Crippen LogP) is 5.74. The van der Waals surface area contributed by atoms with E-state index in [0.29, 0.717) is 0 Å². The molecule has 2 heteroatoms. The Hall–Kier alpha value is -2.61. The second-order valence-electron chi connectivity index (χ2n) is 7.38. The standard InChI is InChI=1S/C22H21NO/c1-22(2,3)16-12-17(14-23-13-16)24-21-10-6-9-19-18-8-5-4-7-15(18)11-20(19)21/h4-10,12-14H,11H2,1-3H3. The first-order valence-electron chi connectivity index (χ1n) is 8.36. The Morgan fingerprint density at radius 3 is 2.54 bits per heavy atom. The van der Waals surface area contributed by atoms with Crippen molar-refractivity contribution in [2.24, 2.45) is 0 Å². The van der Waals surface area contributed by atoms with Crippen LogP contribution < -0.4 is 4.74 Å². The summed E-state index contributed by atoms with van der Waals surface area (Å²) in [5.74, 6) is 1.73. The van der Waals surface area contributed by atoms with Gasteiger partial charge in [-0.15, -0.1) is 0 Å². The number of rotatable bonds is 2. The van der Waals surface area contributed by atoms with Gasteiger partial charge in [0.15, 0.2) is 0 Å². The van der Waals surface area contributed by atoms with E-state index in [9.17, 15) is 0 Å². The number of aromatic nitrogens is 1. The summed E-state index contributed by atoms with van der Waals surface area (Å²) in [5, 5.41) is 0. The van der Waals surface area contributed by atoms with Gasteiger partial charge in [0.1, 0.15) is 11.5 Å². The zero-order chi connectivity index (χ0) is 16.7. The predicted molar refractivity (Wildman–Crippen MR) is 97.7 cm³/mol. The molecule has 0 fully saturated rings. The number of ether oxygens (including phenoxy) is 1. The van der Waals surface area contributed by atoms with Crippen LogP contribution in [0.2, 0.25) is 0 Å². The first-order valence-corrected chi connectivity index (χ1v) is 8.36. The lowest BCUT2D eigenvalue weighted by molar-refractivity contribution is 0.471. The maximum absolute atomic E-state index is 6.23. The van der Waals surface area contributed by atoms with E-state index in [2.05, 4.69) is 74.3 Å². The molecule has 0 saturated carbocycles. The van der Waals surface area contributed by atoms with E-state index in [4.69, 9.17) is 4.74 Å². The number of benzene rings is 2. The second kappa shape index (κ2) is 5.48. The minimum Gasteiger partial charge on any atom is -0.455 e. The summed E-state index contributed by atoms with van der Waals surface area (Å²) in [6.45, 7) is 6.56. The lowest BCUT2D eigenvalue weighted by Crippen LogP contribution is -2.11. The molecule has 0 aliphatic heterocycles. The average molecular weight is 315 g/mol. The van der Waals surface area contributed by atoms with Gasteiger partial charge in [-0.1, -0.05) is 57.2 Å². The molecule has 120 valence electrons. The van der Waals surface area contributed by atoms with Gasteiger partial charge in [-0.05, 0) is 39.8 Å². The second-order valence-corrected chi connectivity index (χ2v) is 7.38. The number of nitrogens with zero attached hydrogens (tertiary/aromatic N) is 1. The summed E-state index contributed by atoms with van der Waals surface area (Å²) in [7, 11) is 0. The third kappa shape index (κ3) is 2.58. The highest BCUT2D eigenvalue weighted by atomic mass is 16.5. The summed E-state index contributed by atoms with van der Waals surface area (Å²) in [4.78, 5) is 4.36. The molecular weight excluding hydrogens is 294 g/mol. The molecule has 0 radical (unpaired) electrons. The van der Waals surface area contributed by atoms with Gasteiger partial charge >= 0.3 is 0 Å². The SMILES string of the molecule is CC(C)(C)c1cncc(Oc2cccc3c2Cc2ccccc2-3)c1. The van der Waals surface area contributed by atoms with E-state index >= 15 is 0 Å². The molecule has 2 nitrogen and oxygen atoms in total. The summed E-state index contributed by atoms with van der Waals surface area (Å²) >= 11 is 0. The Balaban J connectivity index is 1.71. The summed E-state index contributed by atoms with van der Waals surface area (Å²) in [5.41, 5.74) is 6.46. The van der Waals surface area contributed by atoms with E-state index in [1.165, 1.54) is 27.8 Å². The van der Waals surface area contributed by atoms with Gasteiger partial charge in [-0.2, -0.15) is 0 Å². The highest BCUT2D eigenvalue weighted by Gasteiger charge is 2.22. The highest BCUT2D eigenvalue weighted by molar-refractivity contribution is 5.79. The van der Waals surface area contributed by atoms with Crippen molar-refractivity contribution in [3.8, 4) is 22.6 Å². The van der Waals surface area contributed by atoms with Crippen LogP contribution in [-0.2, 0) is 11.8 Å². The van der Waals surface area contributed by atoms with Crippen LogP contribution in [0.4, 0.5) is 0 Å². The molecule has 0 unspecified atom stereocenters. The van der Waals surface area contributed by atoms with E-state index in [1.54, 1.807) is 6.20 Å². The fraction of sp³-hybridized carbons (Fsp3) is 0.227. The molecule has 0 spiro atoms. The monoisotopic (exact) mass is 315 g/mol. The first-order chi connectivity index (χ1) is 11.5. The van der Waals surface area contributed by atoms with E-state index < -0.39 is 0 Å². The maximum Gasteiger partial charge on any atom is 0.146 e. The van der Waals surface area contributed by atoms with Crippen molar-refractivity contribution in [1.82, 2.24) is 4.98 Å². The van der Waals surface area contributed by atoms with Crippen LogP contribution in [0, 0.1) is 0 Å². The highest BCUT2D eigenvalue weighted by Crippen LogP contribution is 2.42. The van der Waals surface area contributed by atoms with Crippen molar-refractivity contribution in [3.63, 3.8) is 0 Å². The molecule has 3 aromatic rings. The van der Waals surface area contributed by atoms with Crippen molar-refractivity contribution < 1.29 is 4.74 Å². The molecule has 1 aromatic heterocycles. The van der Waals surface area contributed by atoms with Gasteiger partial charge in [0, 0.05) is 18.2 Å². The number of hydrogen-bond donors (Lipinski definition) is 0. The van der Waals surface area contributed by atoms with Gasteiger partial charge < -0.3 is 4.74 Å². The molecule has 1 aliphatic carbocycles. The molecule has 0 amide bonds. The largest absolute Gasteiger partial charge is 0.455 e. The van der Waals surface area contributed by atoms with Crippen molar-refractivity contribution in [2.75, 3.05) is 0 Å². The molecule has 24 heavy (non-hydrogen) atoms. The van der Waals surface area contributed by atoms with Gasteiger partial charge in [0.2, 0.25) is 0 Å². The molecule has 4 rings (SSSR count). The van der Waals surface area contributed by atoms with E-state index in [0.717, 1.165) is 17.9 Å². The third-order valence-corrected chi connectivity index (χ3v) is 4.61. The Labute approximate surface area is 143 Å². The van der Waals surface area contributed by atoms with Gasteiger partial charge in [-0.3, -0.25) is 4.98 Å². The topological polar surface area (TPSA) is 22.1 Å². The molecule has 0 N–H and O–H groups in total. The van der Waals surface area contributed by atoms with Crippen molar-refractivity contribution in [1.29, 1.82) is 0 Å².